The van der Waals surface area contributed by atoms with Crippen LogP contribution in [-0.2, 0) is 71.1 Å². The summed E-state index contributed by atoms with van der Waals surface area (Å²) < 4.78 is 101. The number of ether oxygens (including phenoxy) is 12. The molecule has 0 aliphatic carbocycles. The van der Waals surface area contributed by atoms with E-state index in [4.69, 9.17) is 61.0 Å². The van der Waals surface area contributed by atoms with Crippen LogP contribution in [0.2, 0.25) is 0 Å². The first-order valence-electron chi connectivity index (χ1n) is 24.1. The van der Waals surface area contributed by atoms with E-state index in [1.165, 1.54) is 24.3 Å². The third-order valence-corrected chi connectivity index (χ3v) is 15.5. The van der Waals surface area contributed by atoms with Gasteiger partial charge in [-0.05, 0) is 19.1 Å². The second-order valence-electron chi connectivity index (χ2n) is 19.2. The zero-order valence-electron chi connectivity index (χ0n) is 40.0. The average Bonchev–Trinajstić information content (AvgIpc) is 3.41. The van der Waals surface area contributed by atoms with Crippen LogP contribution in [0.3, 0.4) is 0 Å². The maximum atomic E-state index is 13.4. The Morgan fingerprint density at radius 2 is 0.553 bits per heavy atom. The lowest BCUT2D eigenvalue weighted by atomic mass is 9.94. The summed E-state index contributed by atoms with van der Waals surface area (Å²) >= 11 is 0. The van der Waals surface area contributed by atoms with Gasteiger partial charge >= 0.3 is 0 Å². The van der Waals surface area contributed by atoms with Crippen molar-refractivity contribution in [3.8, 4) is 0 Å². The minimum atomic E-state index is -4.66. The van der Waals surface area contributed by atoms with Crippen LogP contribution in [0.15, 0.2) is 29.2 Å². The van der Waals surface area contributed by atoms with Gasteiger partial charge in [0.2, 0.25) is 0 Å². The molecule has 12 bridgehead atoms. The Hall–Kier alpha value is -2.03. The van der Waals surface area contributed by atoms with Gasteiger partial charge in [0.25, 0.3) is 10.1 Å². The highest BCUT2D eigenvalue weighted by molar-refractivity contribution is 7.86. The molecule has 22 fully saturated rings. The maximum Gasteiger partial charge on any atom is 0.297 e. The molecule has 23 rings (SSSR count). The monoisotopic (exact) mass is 1130 g/mol. The lowest BCUT2D eigenvalue weighted by Gasteiger charge is -2.50. The van der Waals surface area contributed by atoms with Crippen molar-refractivity contribution in [2.75, 3.05) is 39.6 Å². The zero-order valence-corrected chi connectivity index (χ0v) is 40.8. The number of benzene rings is 1. The molecule has 22 saturated heterocycles. The summed E-state index contributed by atoms with van der Waals surface area (Å²) in [7, 11) is -4.66. The van der Waals surface area contributed by atoms with Gasteiger partial charge in [-0.2, -0.15) is 8.42 Å². The van der Waals surface area contributed by atoms with E-state index < -0.39 is 234 Å². The van der Waals surface area contributed by atoms with Crippen molar-refractivity contribution in [1.29, 1.82) is 0 Å². The van der Waals surface area contributed by atoms with Gasteiger partial charge in [0.1, 0.15) is 146 Å². The molecule has 0 aromatic heterocycles. The van der Waals surface area contributed by atoms with Crippen molar-refractivity contribution >= 4 is 10.1 Å². The number of aliphatic hydroxyl groups excluding tert-OH is 17. The number of aryl methyl sites for hydroxylation is 1. The van der Waals surface area contributed by atoms with Gasteiger partial charge < -0.3 is 144 Å². The number of hydrogen-bond acceptors (Lipinski definition) is 32. The highest BCUT2D eigenvalue weighted by atomic mass is 32.2. The second-order valence-corrected chi connectivity index (χ2v) is 20.8. The van der Waals surface area contributed by atoms with Crippen LogP contribution in [0, 0.1) is 6.92 Å². The van der Waals surface area contributed by atoms with Crippen LogP contribution in [-0.4, -0.2) is 319 Å². The molecule has 12 unspecified atom stereocenters. The summed E-state index contributed by atoms with van der Waals surface area (Å²) in [5.74, 6) is 0. The van der Waals surface area contributed by atoms with Gasteiger partial charge in [-0.15, -0.1) is 0 Å². The highest BCUT2D eigenvalue weighted by Gasteiger charge is 2.59. The summed E-state index contributed by atoms with van der Waals surface area (Å²) in [5, 5.41) is 188. The van der Waals surface area contributed by atoms with Crippen molar-refractivity contribution in [3.63, 3.8) is 0 Å². The molecule has 22 aliphatic rings. The fourth-order valence-electron chi connectivity index (χ4n) is 9.84. The lowest BCUT2D eigenvalue weighted by Crippen LogP contribution is -2.69. The van der Waals surface area contributed by atoms with Crippen molar-refractivity contribution in [2.24, 2.45) is 0 Å². The van der Waals surface area contributed by atoms with Crippen molar-refractivity contribution in [1.82, 2.24) is 0 Å². The first-order valence-corrected chi connectivity index (χ1v) is 25.5. The molecule has 33 heteroatoms. The van der Waals surface area contributed by atoms with Crippen molar-refractivity contribution < 1.29 is 156 Å². The minimum Gasteiger partial charge on any atom is -0.394 e. The van der Waals surface area contributed by atoms with Crippen LogP contribution in [0.4, 0.5) is 0 Å². The largest absolute Gasteiger partial charge is 0.394 e. The van der Waals surface area contributed by atoms with E-state index >= 15 is 0 Å². The SMILES string of the molecule is Cc1ccc(S(=O)(=O)OCC2O[C@@H]3O[C@@H]4C(CO)O[C@H](O[C@@H]5C(CO)O[C@H](O[C@@H]6C(CO)O[C@H](O[C@@H]7C(CO)O[C@H](O[C@@H]8C(CO)O[C@H](O[C@H]2C(O)[C@@H]3O)[C@@H](O)C8O)[C@@H](O)C7O)[C@@H](O)C6O)[C@@H](O)C5O)[C@@H](O)C4O)cc1. The van der Waals surface area contributed by atoms with Gasteiger partial charge in [0, 0.05) is 0 Å². The number of aliphatic hydroxyl groups is 17. The van der Waals surface area contributed by atoms with Gasteiger partial charge in [-0.25, -0.2) is 0 Å². The Morgan fingerprint density at radius 1 is 0.342 bits per heavy atom. The van der Waals surface area contributed by atoms with E-state index in [2.05, 4.69) is 0 Å². The third kappa shape index (κ3) is 12.0. The Balaban J connectivity index is 1.12. The van der Waals surface area contributed by atoms with E-state index in [1.807, 2.05) is 0 Å². The smallest absolute Gasteiger partial charge is 0.297 e. The molecule has 76 heavy (non-hydrogen) atoms. The molecule has 22 aliphatic heterocycles. The van der Waals surface area contributed by atoms with E-state index in [0.29, 0.717) is 5.56 Å². The standard InChI is InChI=1S/C43H66O32S/c1-12-2-4-13(5-3-12)76(61,62)63-11-19-37-25(54)31(60)43(69-19)74-36-18(10-48)67-41(29(58)23(36)52)72-34-16(8-46)65-39(27(56)21(34)50)70-32-14(6-44)64-38(26(55)20(32)49)71-33-15(7-45)66-40(28(57)22(33)51)73-35-17(9-47)68-42(75-37)30(59)24(35)53/h2-5,14-60H,6-11H2,1H3/t14?,15?,16?,17?,18?,19?,20?,21?,22?,23?,24?,25?,26-,27-,28-,29-,30-,31-,32+,33+,34+,35+,36+,37+,38+,39+,40+,41+,42+,43+/m0/s1. The normalized spacial score (nSPS) is 49.8. The molecule has 0 spiro atoms. The molecule has 0 amide bonds. The Kier molecular flexibility index (Phi) is 19.8. The van der Waals surface area contributed by atoms with Crippen LogP contribution >= 0.6 is 0 Å². The molecule has 436 valence electrons. The molecular weight excluding hydrogens is 1060 g/mol. The van der Waals surface area contributed by atoms with Crippen molar-refractivity contribution in [2.45, 2.75) is 196 Å². The minimum absolute atomic E-state index is 0.344. The quantitative estimate of drug-likeness (QED) is 0.102. The van der Waals surface area contributed by atoms with Crippen LogP contribution in [0.25, 0.3) is 0 Å². The Labute approximate surface area is 431 Å². The topological polar surface area (TPSA) is 498 Å². The molecule has 32 nitrogen and oxygen atoms in total. The number of hydrogen-bond donors (Lipinski definition) is 17. The molecule has 1 aromatic rings. The average molecular weight is 1130 g/mol. The van der Waals surface area contributed by atoms with Gasteiger partial charge in [-0.3, -0.25) is 4.18 Å². The molecular formula is C43H66O32S. The highest BCUT2D eigenvalue weighted by Crippen LogP contribution is 2.38. The van der Waals surface area contributed by atoms with Crippen LogP contribution < -0.4 is 0 Å². The second kappa shape index (κ2) is 25.0. The van der Waals surface area contributed by atoms with Crippen LogP contribution in [0.5, 0.6) is 0 Å². The first kappa shape index (κ1) is 60.1. The van der Waals surface area contributed by atoms with Crippen LogP contribution in [0.1, 0.15) is 5.56 Å². The maximum absolute atomic E-state index is 13.4. The molecule has 0 radical (unpaired) electrons. The van der Waals surface area contributed by atoms with E-state index in [1.54, 1.807) is 6.92 Å². The lowest BCUT2D eigenvalue weighted by molar-refractivity contribution is -0.403. The van der Waals surface area contributed by atoms with E-state index in [9.17, 15) is 95.2 Å². The summed E-state index contributed by atoms with van der Waals surface area (Å²) in [6, 6.07) is 5.34. The summed E-state index contributed by atoms with van der Waals surface area (Å²) in [5.41, 5.74) is 0.681. The predicted octanol–water partition coefficient (Wildman–Crippen LogP) is -11.3. The van der Waals surface area contributed by atoms with Gasteiger partial charge in [0.15, 0.2) is 37.7 Å². The van der Waals surface area contributed by atoms with E-state index in [-0.39, 0.29) is 4.90 Å². The molecule has 17 N–H and O–H groups in total. The van der Waals surface area contributed by atoms with Gasteiger partial charge in [0.05, 0.1) is 44.5 Å². The first-order chi connectivity index (χ1) is 36.1. The Bertz CT molecular complexity index is 2100. The van der Waals surface area contributed by atoms with Crippen molar-refractivity contribution in [3.05, 3.63) is 29.8 Å². The summed E-state index contributed by atoms with van der Waals surface area (Å²) in [6.45, 7) is -4.63. The van der Waals surface area contributed by atoms with Gasteiger partial charge in [-0.1, -0.05) is 17.7 Å². The third-order valence-electron chi connectivity index (χ3n) is 14.2. The summed E-state index contributed by atoms with van der Waals surface area (Å²) in [4.78, 5) is -0.344. The summed E-state index contributed by atoms with van der Waals surface area (Å²) in [6.07, 6.45) is -61.1. The molecule has 30 atom stereocenters. The Morgan fingerprint density at radius 3 is 0.776 bits per heavy atom. The molecule has 0 saturated carbocycles. The fourth-order valence-corrected chi connectivity index (χ4v) is 10.8. The molecule has 22 heterocycles. The fraction of sp³-hybridized carbons (Fsp3) is 0.860. The van der Waals surface area contributed by atoms with E-state index in [0.717, 1.165) is 0 Å². The number of rotatable bonds is 9. The molecule has 1 aromatic carbocycles. The predicted molar refractivity (Wildman–Crippen MR) is 233 cm³/mol. The zero-order chi connectivity index (χ0) is 55.2.